The van der Waals surface area contributed by atoms with Crippen molar-refractivity contribution in [3.63, 3.8) is 0 Å². The van der Waals surface area contributed by atoms with Crippen molar-refractivity contribution in [3.05, 3.63) is 57.6 Å². The summed E-state index contributed by atoms with van der Waals surface area (Å²) in [5.41, 5.74) is 2.42. The first-order valence-electron chi connectivity index (χ1n) is 8.62. The van der Waals surface area contributed by atoms with E-state index in [-0.39, 0.29) is 23.8 Å². The molecule has 1 amide bonds. The zero-order valence-corrected chi connectivity index (χ0v) is 15.3. The summed E-state index contributed by atoms with van der Waals surface area (Å²) in [5.74, 6) is 1.12. The molecule has 142 valence electrons. The zero-order valence-electron chi connectivity index (χ0n) is 15.3. The zero-order chi connectivity index (χ0) is 19.4. The van der Waals surface area contributed by atoms with Gasteiger partial charge in [0.25, 0.3) is 11.6 Å². The third-order valence-electron chi connectivity index (χ3n) is 4.68. The van der Waals surface area contributed by atoms with Crippen molar-refractivity contribution in [3.8, 4) is 11.5 Å². The van der Waals surface area contributed by atoms with Gasteiger partial charge in [-0.15, -0.1) is 0 Å². The minimum absolute atomic E-state index is 0.110. The smallest absolute Gasteiger partial charge is 0.292 e. The number of nitrogens with one attached hydrogen (secondary N) is 2. The van der Waals surface area contributed by atoms with Crippen LogP contribution < -0.4 is 19.7 Å². The molecule has 27 heavy (non-hydrogen) atoms. The number of carbonyl (C=O) groups is 1. The van der Waals surface area contributed by atoms with Gasteiger partial charge in [-0.25, -0.2) is 0 Å². The molecule has 0 aliphatic carbocycles. The number of anilines is 1. The second-order valence-corrected chi connectivity index (χ2v) is 6.40. The summed E-state index contributed by atoms with van der Waals surface area (Å²) in [6.45, 7) is 1.71. The van der Waals surface area contributed by atoms with Gasteiger partial charge in [0.05, 0.1) is 25.7 Å². The van der Waals surface area contributed by atoms with E-state index < -0.39 is 4.92 Å². The first-order valence-corrected chi connectivity index (χ1v) is 8.62. The Balaban J connectivity index is 1.68. The van der Waals surface area contributed by atoms with Crippen molar-refractivity contribution in [1.29, 1.82) is 0 Å². The van der Waals surface area contributed by atoms with Crippen LogP contribution in [0, 0.1) is 10.1 Å². The number of ether oxygens (including phenoxy) is 2. The number of benzene rings is 2. The molecule has 0 fully saturated rings. The molecule has 0 spiro atoms. The Hall–Kier alpha value is -3.13. The normalized spacial score (nSPS) is 15.6. The molecule has 1 aliphatic rings. The van der Waals surface area contributed by atoms with E-state index in [1.54, 1.807) is 26.4 Å². The largest absolute Gasteiger partial charge is 0.493 e. The quantitative estimate of drug-likeness (QED) is 0.587. The molecule has 0 saturated carbocycles. The van der Waals surface area contributed by atoms with Crippen molar-refractivity contribution < 1.29 is 24.1 Å². The molecule has 0 saturated heterocycles. The average molecular weight is 372 g/mol. The highest BCUT2D eigenvalue weighted by Gasteiger charge is 2.25. The van der Waals surface area contributed by atoms with Crippen LogP contribution in [-0.4, -0.2) is 38.1 Å². The van der Waals surface area contributed by atoms with Gasteiger partial charge in [-0.2, -0.15) is 0 Å². The van der Waals surface area contributed by atoms with E-state index in [2.05, 4.69) is 5.32 Å². The summed E-state index contributed by atoms with van der Waals surface area (Å²) >= 11 is 0. The van der Waals surface area contributed by atoms with E-state index >= 15 is 0 Å². The van der Waals surface area contributed by atoms with E-state index in [9.17, 15) is 14.9 Å². The number of carbonyl (C=O) groups excluding carboxylic acids is 1. The maximum atomic E-state index is 12.4. The molecule has 3 rings (SSSR count). The Labute approximate surface area is 156 Å². The fourth-order valence-electron chi connectivity index (χ4n) is 3.34. The minimum Gasteiger partial charge on any atom is -0.493 e. The molecular weight excluding hydrogens is 350 g/mol. The molecule has 8 nitrogen and oxygen atoms in total. The van der Waals surface area contributed by atoms with Crippen LogP contribution in [0.2, 0.25) is 0 Å². The van der Waals surface area contributed by atoms with Gasteiger partial charge in [0, 0.05) is 18.1 Å². The van der Waals surface area contributed by atoms with Crippen LogP contribution in [0.5, 0.6) is 11.5 Å². The van der Waals surface area contributed by atoms with Crippen LogP contribution in [0.4, 0.5) is 11.4 Å². The fraction of sp³-hybridized carbons (Fsp3) is 0.316. The van der Waals surface area contributed by atoms with Crippen molar-refractivity contribution in [2.45, 2.75) is 13.0 Å². The topological polar surface area (TPSA) is 95.1 Å². The van der Waals surface area contributed by atoms with Gasteiger partial charge in [-0.1, -0.05) is 12.1 Å². The molecular formula is C19H22N3O5+. The standard InChI is InChI=1S/C19H21N3O5/c1-26-17-9-13-7-8-21(11-14(13)10-18(17)27-2)12-19(23)20-15-5-3-4-6-16(15)22(24)25/h3-6,9-10H,7-8,11-12H2,1-2H3,(H,20,23)/p+1. The van der Waals surface area contributed by atoms with E-state index in [1.807, 2.05) is 12.1 Å². The molecule has 0 bridgehead atoms. The van der Waals surface area contributed by atoms with Crippen LogP contribution in [-0.2, 0) is 17.8 Å². The number of para-hydroxylation sites is 2. The molecule has 1 heterocycles. The number of quaternary nitrogens is 1. The molecule has 0 aromatic heterocycles. The first-order chi connectivity index (χ1) is 13.0. The molecule has 1 unspecified atom stereocenters. The van der Waals surface area contributed by atoms with Gasteiger partial charge in [0.15, 0.2) is 18.0 Å². The lowest BCUT2D eigenvalue weighted by Gasteiger charge is -2.26. The van der Waals surface area contributed by atoms with Gasteiger partial charge >= 0.3 is 0 Å². The van der Waals surface area contributed by atoms with Crippen molar-refractivity contribution in [2.75, 3.05) is 32.6 Å². The number of methoxy groups -OCH3 is 2. The van der Waals surface area contributed by atoms with Gasteiger partial charge in [-0.05, 0) is 23.8 Å². The van der Waals surface area contributed by atoms with Crippen molar-refractivity contribution >= 4 is 17.3 Å². The van der Waals surface area contributed by atoms with Gasteiger partial charge in [-0.3, -0.25) is 14.9 Å². The van der Waals surface area contributed by atoms with Crippen molar-refractivity contribution in [2.24, 2.45) is 0 Å². The molecule has 0 radical (unpaired) electrons. The second kappa shape index (κ2) is 8.05. The van der Waals surface area contributed by atoms with Crippen LogP contribution in [0.3, 0.4) is 0 Å². The van der Waals surface area contributed by atoms with E-state index in [4.69, 9.17) is 9.47 Å². The first kappa shape index (κ1) is 18.7. The number of nitro groups is 1. The predicted molar refractivity (Wildman–Crippen MR) is 99.4 cm³/mol. The van der Waals surface area contributed by atoms with Gasteiger partial charge in [0.1, 0.15) is 12.2 Å². The second-order valence-electron chi connectivity index (χ2n) is 6.40. The predicted octanol–water partition coefficient (Wildman–Crippen LogP) is 1.19. The van der Waals surface area contributed by atoms with Crippen molar-refractivity contribution in [1.82, 2.24) is 0 Å². The Morgan fingerprint density at radius 1 is 1.19 bits per heavy atom. The highest BCUT2D eigenvalue weighted by Crippen LogP contribution is 2.31. The Kier molecular flexibility index (Phi) is 5.56. The van der Waals surface area contributed by atoms with E-state index in [0.717, 1.165) is 23.4 Å². The Bertz CT molecular complexity index is 868. The van der Waals surface area contributed by atoms with Crippen LogP contribution in [0.15, 0.2) is 36.4 Å². The lowest BCUT2D eigenvalue weighted by atomic mass is 9.99. The average Bonchev–Trinajstić information content (AvgIpc) is 2.66. The highest BCUT2D eigenvalue weighted by molar-refractivity contribution is 5.93. The number of nitro benzene ring substituents is 1. The summed E-state index contributed by atoms with van der Waals surface area (Å²) in [5, 5.41) is 13.7. The number of amides is 1. The highest BCUT2D eigenvalue weighted by atomic mass is 16.6. The molecule has 2 N–H and O–H groups in total. The SMILES string of the molecule is COc1cc2c(cc1OC)C[NH+](CC(=O)Nc1ccccc1[N+](=O)[O-])CC2. The Morgan fingerprint density at radius 2 is 1.85 bits per heavy atom. The fourth-order valence-corrected chi connectivity index (χ4v) is 3.34. The number of nitrogens with zero attached hydrogens (tertiary/aromatic N) is 1. The van der Waals surface area contributed by atoms with Crippen LogP contribution in [0.1, 0.15) is 11.1 Å². The lowest BCUT2D eigenvalue weighted by molar-refractivity contribution is -0.907. The summed E-state index contributed by atoms with van der Waals surface area (Å²) < 4.78 is 10.7. The lowest BCUT2D eigenvalue weighted by Crippen LogP contribution is -3.12. The van der Waals surface area contributed by atoms with Crippen LogP contribution >= 0.6 is 0 Å². The number of hydrogen-bond acceptors (Lipinski definition) is 5. The van der Waals surface area contributed by atoms with Crippen LogP contribution in [0.25, 0.3) is 0 Å². The molecule has 1 aliphatic heterocycles. The van der Waals surface area contributed by atoms with Gasteiger partial charge < -0.3 is 19.7 Å². The third-order valence-corrected chi connectivity index (χ3v) is 4.68. The number of fused-ring (bicyclic) bond motifs is 1. The summed E-state index contributed by atoms with van der Waals surface area (Å²) in [7, 11) is 3.20. The molecule has 8 heteroatoms. The summed E-state index contributed by atoms with van der Waals surface area (Å²) in [4.78, 5) is 24.0. The maximum Gasteiger partial charge on any atom is 0.292 e. The number of hydrogen-bond donors (Lipinski definition) is 2. The van der Waals surface area contributed by atoms with E-state index in [0.29, 0.717) is 18.0 Å². The molecule has 2 aromatic carbocycles. The van der Waals surface area contributed by atoms with E-state index in [1.165, 1.54) is 17.7 Å². The monoisotopic (exact) mass is 372 g/mol. The molecule has 2 aromatic rings. The minimum atomic E-state index is -0.501. The molecule has 1 atom stereocenters. The maximum absolute atomic E-state index is 12.4. The summed E-state index contributed by atoms with van der Waals surface area (Å²) in [6.07, 6.45) is 0.823. The third kappa shape index (κ3) is 4.17. The Morgan fingerprint density at radius 3 is 2.52 bits per heavy atom. The van der Waals surface area contributed by atoms with Gasteiger partial charge in [0.2, 0.25) is 0 Å². The number of rotatable bonds is 6. The summed E-state index contributed by atoms with van der Waals surface area (Å²) in [6, 6.07) is 10.1.